The molecule has 0 aromatic heterocycles. The smallest absolute Gasteiger partial charge is 0.244 e. The van der Waals surface area contributed by atoms with Crippen LogP contribution in [-0.4, -0.2) is 31.7 Å². The highest BCUT2D eigenvalue weighted by molar-refractivity contribution is 7.89. The molecule has 2 aromatic carbocycles. The number of sulfonamides is 1. The van der Waals surface area contributed by atoms with Gasteiger partial charge in [-0.15, -0.1) is 0 Å². The van der Waals surface area contributed by atoms with Gasteiger partial charge >= 0.3 is 0 Å². The Morgan fingerprint density at radius 3 is 2.53 bits per heavy atom. The minimum atomic E-state index is -3.75. The van der Waals surface area contributed by atoms with Crippen molar-refractivity contribution in [3.8, 4) is 0 Å². The zero-order valence-electron chi connectivity index (χ0n) is 16.5. The molecule has 1 saturated heterocycles. The number of rotatable bonds is 4. The lowest BCUT2D eigenvalue weighted by Crippen LogP contribution is -2.44. The van der Waals surface area contributed by atoms with E-state index in [2.05, 4.69) is 17.4 Å². The number of piperidine rings is 1. The Bertz CT molecular complexity index is 1050. The molecule has 2 aromatic rings. The van der Waals surface area contributed by atoms with E-state index in [1.54, 1.807) is 6.07 Å². The summed E-state index contributed by atoms with van der Waals surface area (Å²) >= 11 is 12.1. The van der Waals surface area contributed by atoms with Crippen LogP contribution in [0.5, 0.6) is 0 Å². The highest BCUT2D eigenvalue weighted by atomic mass is 35.5. The second-order valence-corrected chi connectivity index (χ2v) is 10.7. The van der Waals surface area contributed by atoms with E-state index in [-0.39, 0.29) is 40.9 Å². The Hall–Kier alpha value is -1.60. The number of fused-ring (bicyclic) bond motifs is 1. The van der Waals surface area contributed by atoms with Crippen LogP contribution in [0.3, 0.4) is 0 Å². The summed E-state index contributed by atoms with van der Waals surface area (Å²) in [5.74, 6) is -0.185. The van der Waals surface area contributed by atoms with Gasteiger partial charge in [0.05, 0.1) is 11.1 Å². The van der Waals surface area contributed by atoms with Gasteiger partial charge < -0.3 is 5.32 Å². The molecule has 30 heavy (non-hydrogen) atoms. The van der Waals surface area contributed by atoms with Crippen LogP contribution in [-0.2, 0) is 21.2 Å². The Kier molecular flexibility index (Phi) is 6.39. The average Bonchev–Trinajstić information content (AvgIpc) is 2.75. The molecular weight excluding hydrogens is 443 g/mol. The molecule has 1 aliphatic carbocycles. The van der Waals surface area contributed by atoms with E-state index in [0.717, 1.165) is 19.3 Å². The first-order valence-electron chi connectivity index (χ1n) is 10.2. The van der Waals surface area contributed by atoms with Crippen molar-refractivity contribution < 1.29 is 13.2 Å². The first-order valence-corrected chi connectivity index (χ1v) is 12.4. The Labute approximate surface area is 187 Å². The summed E-state index contributed by atoms with van der Waals surface area (Å²) in [5, 5.41) is 3.67. The molecule has 1 aliphatic heterocycles. The molecule has 0 saturated carbocycles. The monoisotopic (exact) mass is 466 g/mol. The predicted molar refractivity (Wildman–Crippen MR) is 118 cm³/mol. The molecule has 8 heteroatoms. The third-order valence-corrected chi connectivity index (χ3v) is 8.64. The Balaban J connectivity index is 1.40. The van der Waals surface area contributed by atoms with Crippen molar-refractivity contribution in [2.24, 2.45) is 5.92 Å². The minimum Gasteiger partial charge on any atom is -0.349 e. The molecular formula is C22H24Cl2N2O3S. The van der Waals surface area contributed by atoms with Crippen LogP contribution in [0.1, 0.15) is 42.9 Å². The van der Waals surface area contributed by atoms with Crippen LogP contribution in [0.15, 0.2) is 47.4 Å². The van der Waals surface area contributed by atoms with Crippen molar-refractivity contribution in [1.82, 2.24) is 9.62 Å². The second-order valence-electron chi connectivity index (χ2n) is 7.91. The number of amides is 1. The number of hydrogen-bond donors (Lipinski definition) is 1. The maximum Gasteiger partial charge on any atom is 0.244 e. The van der Waals surface area contributed by atoms with Crippen LogP contribution in [0.2, 0.25) is 10.0 Å². The van der Waals surface area contributed by atoms with Crippen LogP contribution >= 0.6 is 23.2 Å². The third kappa shape index (κ3) is 4.37. The van der Waals surface area contributed by atoms with Crippen LogP contribution in [0, 0.1) is 5.92 Å². The van der Waals surface area contributed by atoms with E-state index in [9.17, 15) is 13.2 Å². The summed E-state index contributed by atoms with van der Waals surface area (Å²) in [7, 11) is -3.75. The van der Waals surface area contributed by atoms with Crippen molar-refractivity contribution in [3.63, 3.8) is 0 Å². The quantitative estimate of drug-likeness (QED) is 0.716. The highest BCUT2D eigenvalue weighted by Gasteiger charge is 2.34. The lowest BCUT2D eigenvalue weighted by Gasteiger charge is -2.33. The highest BCUT2D eigenvalue weighted by Crippen LogP contribution is 2.32. The number of hydrogen-bond acceptors (Lipinski definition) is 3. The van der Waals surface area contributed by atoms with Crippen molar-refractivity contribution in [2.75, 3.05) is 13.1 Å². The van der Waals surface area contributed by atoms with Gasteiger partial charge in [0.1, 0.15) is 4.90 Å². The van der Waals surface area contributed by atoms with Gasteiger partial charge in [-0.25, -0.2) is 8.42 Å². The summed E-state index contributed by atoms with van der Waals surface area (Å²) < 4.78 is 27.3. The van der Waals surface area contributed by atoms with Crippen LogP contribution in [0.25, 0.3) is 0 Å². The molecule has 1 N–H and O–H groups in total. The van der Waals surface area contributed by atoms with E-state index < -0.39 is 10.0 Å². The molecule has 4 rings (SSSR count). The van der Waals surface area contributed by atoms with Gasteiger partial charge in [-0.2, -0.15) is 4.31 Å². The second kappa shape index (κ2) is 8.87. The van der Waals surface area contributed by atoms with Crippen molar-refractivity contribution in [3.05, 3.63) is 63.6 Å². The van der Waals surface area contributed by atoms with Gasteiger partial charge in [-0.05, 0) is 61.4 Å². The molecule has 0 radical (unpaired) electrons. The summed E-state index contributed by atoms with van der Waals surface area (Å²) in [6.45, 7) is 0.565. The fourth-order valence-electron chi connectivity index (χ4n) is 4.37. The van der Waals surface area contributed by atoms with Crippen molar-refractivity contribution in [2.45, 2.75) is 43.0 Å². The van der Waals surface area contributed by atoms with E-state index in [1.807, 2.05) is 12.1 Å². The molecule has 1 atom stereocenters. The normalized spacial score (nSPS) is 20.5. The van der Waals surface area contributed by atoms with Gasteiger partial charge in [-0.1, -0.05) is 47.5 Å². The zero-order chi connectivity index (χ0) is 21.3. The first-order chi connectivity index (χ1) is 14.4. The van der Waals surface area contributed by atoms with Gasteiger partial charge in [-0.3, -0.25) is 4.79 Å². The molecule has 1 unspecified atom stereocenters. The van der Waals surface area contributed by atoms with Crippen molar-refractivity contribution in [1.29, 1.82) is 0 Å². The molecule has 0 bridgehead atoms. The lowest BCUT2D eigenvalue weighted by molar-refractivity contribution is -0.127. The number of nitrogens with one attached hydrogen (secondary N) is 1. The molecule has 2 aliphatic rings. The van der Waals surface area contributed by atoms with E-state index >= 15 is 0 Å². The molecule has 160 valence electrons. The Morgan fingerprint density at radius 2 is 1.77 bits per heavy atom. The average molecular weight is 467 g/mol. The maximum atomic E-state index is 13.0. The van der Waals surface area contributed by atoms with Gasteiger partial charge in [0.2, 0.25) is 15.9 Å². The minimum absolute atomic E-state index is 0.00883. The number of benzene rings is 2. The maximum absolute atomic E-state index is 13.0. The SMILES string of the molecule is O=C(NC1CCCc2ccccc21)C1CCN(S(=O)(=O)c2cc(Cl)ccc2Cl)CC1. The first kappa shape index (κ1) is 21.6. The molecule has 1 heterocycles. The summed E-state index contributed by atoms with van der Waals surface area (Å²) in [6.07, 6.45) is 4.00. The fourth-order valence-corrected chi connectivity index (χ4v) is 6.57. The molecule has 1 fully saturated rings. The standard InChI is InChI=1S/C22H24Cl2N2O3S/c23-17-8-9-19(24)21(14-17)30(28,29)26-12-10-16(11-13-26)22(27)25-20-7-3-5-15-4-1-2-6-18(15)20/h1-2,4,6,8-9,14,16,20H,3,5,7,10-13H2,(H,25,27). The lowest BCUT2D eigenvalue weighted by atomic mass is 9.87. The van der Waals surface area contributed by atoms with Crippen LogP contribution in [0.4, 0.5) is 0 Å². The third-order valence-electron chi connectivity index (χ3n) is 6.02. The molecule has 5 nitrogen and oxygen atoms in total. The van der Waals surface area contributed by atoms with Crippen molar-refractivity contribution >= 4 is 39.1 Å². The molecule has 0 spiro atoms. The van der Waals surface area contributed by atoms with Gasteiger partial charge in [0, 0.05) is 24.0 Å². The number of aryl methyl sites for hydroxylation is 1. The number of halogens is 2. The summed E-state index contributed by atoms with van der Waals surface area (Å²) in [5.41, 5.74) is 2.50. The molecule has 1 amide bonds. The Morgan fingerprint density at radius 1 is 1.03 bits per heavy atom. The largest absolute Gasteiger partial charge is 0.349 e. The van der Waals surface area contributed by atoms with E-state index in [0.29, 0.717) is 17.9 Å². The van der Waals surface area contributed by atoms with E-state index in [4.69, 9.17) is 23.2 Å². The number of carbonyl (C=O) groups excluding carboxylic acids is 1. The van der Waals surface area contributed by atoms with Crippen LogP contribution < -0.4 is 5.32 Å². The predicted octanol–water partition coefficient (Wildman–Crippen LogP) is 4.59. The topological polar surface area (TPSA) is 66.5 Å². The van der Waals surface area contributed by atoms with Gasteiger partial charge in [0.15, 0.2) is 0 Å². The number of carbonyl (C=O) groups is 1. The summed E-state index contributed by atoms with van der Waals surface area (Å²) in [6, 6.07) is 12.7. The number of nitrogens with zero attached hydrogens (tertiary/aromatic N) is 1. The van der Waals surface area contributed by atoms with Gasteiger partial charge in [0.25, 0.3) is 0 Å². The van der Waals surface area contributed by atoms with E-state index in [1.165, 1.54) is 27.6 Å². The zero-order valence-corrected chi connectivity index (χ0v) is 18.8. The fraction of sp³-hybridized carbons (Fsp3) is 0.409. The summed E-state index contributed by atoms with van der Waals surface area (Å²) in [4.78, 5) is 12.9.